The summed E-state index contributed by atoms with van der Waals surface area (Å²) < 4.78 is 5.06. The first-order valence-electron chi connectivity index (χ1n) is 8.91. The lowest BCUT2D eigenvalue weighted by molar-refractivity contribution is 0.0996. The van der Waals surface area contributed by atoms with Crippen molar-refractivity contribution >= 4 is 34.5 Å². The molecule has 4 rings (SSSR count). The minimum Gasteiger partial charge on any atom is -0.459 e. The summed E-state index contributed by atoms with van der Waals surface area (Å²) in [5.74, 6) is 0.432. The van der Waals surface area contributed by atoms with Gasteiger partial charge in [-0.1, -0.05) is 30.3 Å². The number of benzene rings is 1. The molecule has 146 valence electrons. The van der Waals surface area contributed by atoms with E-state index < -0.39 is 5.91 Å². The van der Waals surface area contributed by atoms with Crippen molar-refractivity contribution in [3.63, 3.8) is 0 Å². The van der Waals surface area contributed by atoms with Gasteiger partial charge in [-0.2, -0.15) is 5.10 Å². The van der Waals surface area contributed by atoms with Crippen LogP contribution in [-0.2, 0) is 0 Å². The number of urea groups is 1. The molecule has 3 amide bonds. The summed E-state index contributed by atoms with van der Waals surface area (Å²) in [5.41, 5.74) is 1.61. The van der Waals surface area contributed by atoms with Crippen LogP contribution in [0.3, 0.4) is 0 Å². The van der Waals surface area contributed by atoms with Crippen LogP contribution in [0.1, 0.15) is 29.1 Å². The first-order valence-corrected chi connectivity index (χ1v) is 8.91. The quantitative estimate of drug-likeness (QED) is 0.414. The van der Waals surface area contributed by atoms with E-state index in [1.807, 2.05) is 37.3 Å². The number of H-pyrrole nitrogens is 1. The van der Waals surface area contributed by atoms with E-state index in [4.69, 9.17) is 4.42 Å². The molecule has 0 bridgehead atoms. The Morgan fingerprint density at radius 3 is 2.69 bits per heavy atom. The highest BCUT2D eigenvalue weighted by molar-refractivity contribution is 6.06. The molecule has 29 heavy (non-hydrogen) atoms. The summed E-state index contributed by atoms with van der Waals surface area (Å²) in [7, 11) is 0. The Morgan fingerprint density at radius 1 is 1.10 bits per heavy atom. The molecule has 0 spiro atoms. The van der Waals surface area contributed by atoms with Crippen molar-refractivity contribution in [2.45, 2.75) is 13.0 Å². The summed E-state index contributed by atoms with van der Waals surface area (Å²) in [6, 6.07) is 13.9. The number of aromatic amines is 1. The van der Waals surface area contributed by atoms with Gasteiger partial charge in [0.2, 0.25) is 0 Å². The van der Waals surface area contributed by atoms with Gasteiger partial charge < -0.3 is 15.1 Å². The fourth-order valence-corrected chi connectivity index (χ4v) is 2.83. The lowest BCUT2D eigenvalue weighted by Gasteiger charge is -2.14. The average molecular weight is 390 g/mol. The van der Waals surface area contributed by atoms with Crippen molar-refractivity contribution in [3.05, 3.63) is 72.3 Å². The normalized spacial score (nSPS) is 11.8. The van der Waals surface area contributed by atoms with Gasteiger partial charge in [0.1, 0.15) is 5.82 Å². The van der Waals surface area contributed by atoms with E-state index in [1.165, 1.54) is 12.5 Å². The molecule has 3 heterocycles. The molecule has 0 aliphatic heterocycles. The van der Waals surface area contributed by atoms with Crippen molar-refractivity contribution in [2.75, 3.05) is 10.6 Å². The number of fused-ring (bicyclic) bond motifs is 1. The molecule has 0 aliphatic rings. The maximum Gasteiger partial charge on any atom is 0.320 e. The number of furan rings is 1. The molecule has 0 unspecified atom stereocenters. The lowest BCUT2D eigenvalue weighted by Crippen LogP contribution is -2.31. The molecule has 0 radical (unpaired) electrons. The largest absolute Gasteiger partial charge is 0.459 e. The highest BCUT2D eigenvalue weighted by Gasteiger charge is 2.15. The number of anilines is 2. The average Bonchev–Trinajstić information content (AvgIpc) is 3.39. The van der Waals surface area contributed by atoms with Gasteiger partial charge in [-0.25, -0.2) is 9.78 Å². The summed E-state index contributed by atoms with van der Waals surface area (Å²) >= 11 is 0. The minimum atomic E-state index is -0.417. The molecular formula is C20H18N6O3. The number of nitrogens with one attached hydrogen (secondary N) is 4. The third-order valence-electron chi connectivity index (χ3n) is 4.31. The zero-order chi connectivity index (χ0) is 20.2. The van der Waals surface area contributed by atoms with E-state index in [0.717, 1.165) is 5.56 Å². The fraction of sp³-hybridized carbons (Fsp3) is 0.100. The van der Waals surface area contributed by atoms with E-state index in [2.05, 4.69) is 31.1 Å². The van der Waals surface area contributed by atoms with Gasteiger partial charge in [-0.05, 0) is 24.6 Å². The SMILES string of the molecule is C[C@@H](NC(=O)Nc1cc2[nH]nc(NC(=O)c3ccco3)c2cn1)c1ccccc1. The first kappa shape index (κ1) is 18.2. The highest BCUT2D eigenvalue weighted by atomic mass is 16.3. The van der Waals surface area contributed by atoms with E-state index >= 15 is 0 Å². The molecule has 0 saturated heterocycles. The second-order valence-electron chi connectivity index (χ2n) is 6.35. The Kier molecular flexibility index (Phi) is 4.93. The summed E-state index contributed by atoms with van der Waals surface area (Å²) in [4.78, 5) is 28.6. The van der Waals surface area contributed by atoms with Crippen molar-refractivity contribution in [2.24, 2.45) is 0 Å². The molecule has 4 N–H and O–H groups in total. The second kappa shape index (κ2) is 7.85. The van der Waals surface area contributed by atoms with E-state index in [9.17, 15) is 9.59 Å². The van der Waals surface area contributed by atoms with Gasteiger partial charge in [0, 0.05) is 12.3 Å². The summed E-state index contributed by atoms with van der Waals surface area (Å²) in [6.45, 7) is 1.90. The lowest BCUT2D eigenvalue weighted by atomic mass is 10.1. The topological polar surface area (TPSA) is 125 Å². The van der Waals surface area contributed by atoms with Crippen molar-refractivity contribution in [1.82, 2.24) is 20.5 Å². The second-order valence-corrected chi connectivity index (χ2v) is 6.35. The highest BCUT2D eigenvalue weighted by Crippen LogP contribution is 2.22. The smallest absolute Gasteiger partial charge is 0.320 e. The number of carbonyl (C=O) groups excluding carboxylic acids is 2. The zero-order valence-corrected chi connectivity index (χ0v) is 15.5. The third-order valence-corrected chi connectivity index (χ3v) is 4.31. The van der Waals surface area contributed by atoms with Crippen LogP contribution in [0.5, 0.6) is 0 Å². The van der Waals surface area contributed by atoms with E-state index in [-0.39, 0.29) is 17.8 Å². The van der Waals surface area contributed by atoms with Crippen LogP contribution in [0.25, 0.3) is 10.9 Å². The standard InChI is InChI=1S/C20H18N6O3/c1-12(13-6-3-2-4-7-13)22-20(28)23-17-10-15-14(11-21-17)18(26-25-15)24-19(27)16-8-5-9-29-16/h2-12H,1H3,(H2,21,22,23,28)(H2,24,25,26,27)/t12-/m1/s1. The maximum atomic E-state index is 12.3. The molecule has 4 aromatic rings. The van der Waals surface area contributed by atoms with Crippen LogP contribution < -0.4 is 16.0 Å². The van der Waals surface area contributed by atoms with Gasteiger partial charge >= 0.3 is 6.03 Å². The minimum absolute atomic E-state index is 0.157. The predicted octanol–water partition coefficient (Wildman–Crippen LogP) is 3.69. The maximum absolute atomic E-state index is 12.3. The number of hydrogen-bond acceptors (Lipinski definition) is 5. The molecule has 0 aliphatic carbocycles. The number of hydrogen-bond donors (Lipinski definition) is 4. The Balaban J connectivity index is 1.43. The molecule has 1 aromatic carbocycles. The van der Waals surface area contributed by atoms with Gasteiger partial charge in [-0.3, -0.25) is 15.2 Å². The number of aromatic nitrogens is 3. The van der Waals surface area contributed by atoms with Crippen LogP contribution in [0.2, 0.25) is 0 Å². The molecule has 3 aromatic heterocycles. The molecule has 9 heteroatoms. The van der Waals surface area contributed by atoms with Crippen molar-refractivity contribution in [1.29, 1.82) is 0 Å². The van der Waals surface area contributed by atoms with Crippen LogP contribution in [0.15, 0.2) is 65.4 Å². The Hall–Kier alpha value is -4.14. The summed E-state index contributed by atoms with van der Waals surface area (Å²) in [6.07, 6.45) is 2.94. The Labute approximate surface area is 165 Å². The van der Waals surface area contributed by atoms with Crippen LogP contribution in [0.4, 0.5) is 16.4 Å². The van der Waals surface area contributed by atoms with Gasteiger partial charge in [0.05, 0.1) is 23.2 Å². The molecular weight excluding hydrogens is 372 g/mol. The molecule has 9 nitrogen and oxygen atoms in total. The predicted molar refractivity (Wildman–Crippen MR) is 108 cm³/mol. The van der Waals surface area contributed by atoms with Gasteiger partial charge in [-0.15, -0.1) is 0 Å². The molecule has 0 fully saturated rings. The number of carbonyl (C=O) groups is 2. The fourth-order valence-electron chi connectivity index (χ4n) is 2.83. The Bertz CT molecular complexity index is 1140. The van der Waals surface area contributed by atoms with Crippen LogP contribution >= 0.6 is 0 Å². The Morgan fingerprint density at radius 2 is 1.93 bits per heavy atom. The van der Waals surface area contributed by atoms with Gasteiger partial charge in [0.25, 0.3) is 5.91 Å². The number of amides is 3. The zero-order valence-electron chi connectivity index (χ0n) is 15.5. The number of nitrogens with zero attached hydrogens (tertiary/aromatic N) is 2. The molecule has 0 saturated carbocycles. The molecule has 1 atom stereocenters. The van der Waals surface area contributed by atoms with E-state index in [0.29, 0.717) is 22.5 Å². The number of pyridine rings is 1. The van der Waals surface area contributed by atoms with Crippen LogP contribution in [-0.4, -0.2) is 27.1 Å². The summed E-state index contributed by atoms with van der Waals surface area (Å²) in [5, 5.41) is 15.7. The van der Waals surface area contributed by atoms with Crippen molar-refractivity contribution in [3.8, 4) is 0 Å². The monoisotopic (exact) mass is 390 g/mol. The van der Waals surface area contributed by atoms with Crippen molar-refractivity contribution < 1.29 is 14.0 Å². The van der Waals surface area contributed by atoms with Gasteiger partial charge in [0.15, 0.2) is 11.6 Å². The first-order chi connectivity index (χ1) is 14.1. The van der Waals surface area contributed by atoms with E-state index in [1.54, 1.807) is 18.2 Å². The van der Waals surface area contributed by atoms with Crippen LogP contribution in [0, 0.1) is 0 Å². The number of rotatable bonds is 5. The third kappa shape index (κ3) is 4.08.